The normalized spacial score (nSPS) is 15.0. The van der Waals surface area contributed by atoms with Crippen LogP contribution >= 0.6 is 0 Å². The molecule has 0 heterocycles. The summed E-state index contributed by atoms with van der Waals surface area (Å²) >= 11 is 0. The molecule has 3 aromatic rings. The Morgan fingerprint density at radius 1 is 0.867 bits per heavy atom. The van der Waals surface area contributed by atoms with Crippen molar-refractivity contribution in [1.29, 1.82) is 0 Å². The summed E-state index contributed by atoms with van der Waals surface area (Å²) in [5, 5.41) is 5.73. The Bertz CT molecular complexity index is 1020. The van der Waals surface area contributed by atoms with Crippen molar-refractivity contribution in [3.8, 4) is 11.5 Å². The van der Waals surface area contributed by atoms with Crippen LogP contribution in [0.5, 0.6) is 11.5 Å². The van der Waals surface area contributed by atoms with Crippen molar-refractivity contribution in [3.63, 3.8) is 0 Å². The average molecular weight is 400 g/mol. The van der Waals surface area contributed by atoms with Crippen LogP contribution in [0.3, 0.4) is 0 Å². The monoisotopic (exact) mass is 400 g/mol. The van der Waals surface area contributed by atoms with Crippen molar-refractivity contribution < 1.29 is 14.3 Å². The molecule has 0 bridgehead atoms. The summed E-state index contributed by atoms with van der Waals surface area (Å²) in [5.41, 5.74) is 2.94. The Labute approximate surface area is 176 Å². The number of carbonyl (C=O) groups is 2. The number of nitrogens with one attached hydrogen (secondary N) is 2. The second kappa shape index (κ2) is 9.27. The predicted molar refractivity (Wildman–Crippen MR) is 116 cm³/mol. The fourth-order valence-electron chi connectivity index (χ4n) is 3.71. The van der Waals surface area contributed by atoms with Crippen LogP contribution < -0.4 is 15.4 Å². The lowest BCUT2D eigenvalue weighted by molar-refractivity contribution is -0.121. The minimum absolute atomic E-state index is 0.00812. The molecule has 152 valence electrons. The van der Waals surface area contributed by atoms with Gasteiger partial charge in [0.05, 0.1) is 12.6 Å². The highest BCUT2D eigenvalue weighted by molar-refractivity contribution is 5.96. The molecular formula is C25H24N2O3. The maximum absolute atomic E-state index is 12.4. The van der Waals surface area contributed by atoms with Crippen molar-refractivity contribution in [2.45, 2.75) is 25.3 Å². The summed E-state index contributed by atoms with van der Waals surface area (Å²) in [6.45, 7) is -0.0558. The molecule has 0 aliphatic heterocycles. The quantitative estimate of drug-likeness (QED) is 0.644. The van der Waals surface area contributed by atoms with Crippen LogP contribution in [0.1, 0.15) is 40.4 Å². The molecule has 1 atom stereocenters. The van der Waals surface area contributed by atoms with E-state index in [1.165, 1.54) is 11.1 Å². The Hall–Kier alpha value is -3.60. The number of benzene rings is 3. The second-order valence-electron chi connectivity index (χ2n) is 7.33. The van der Waals surface area contributed by atoms with E-state index in [-0.39, 0.29) is 24.4 Å². The Kier molecular flexibility index (Phi) is 6.09. The van der Waals surface area contributed by atoms with Gasteiger partial charge in [-0.25, -0.2) is 0 Å². The van der Waals surface area contributed by atoms with Crippen molar-refractivity contribution in [2.75, 3.05) is 6.54 Å². The van der Waals surface area contributed by atoms with Gasteiger partial charge in [-0.2, -0.15) is 0 Å². The zero-order valence-electron chi connectivity index (χ0n) is 16.6. The van der Waals surface area contributed by atoms with E-state index in [2.05, 4.69) is 22.8 Å². The molecule has 0 saturated carbocycles. The molecule has 2 amide bonds. The molecule has 0 unspecified atom stereocenters. The Morgan fingerprint density at radius 2 is 1.57 bits per heavy atom. The van der Waals surface area contributed by atoms with Gasteiger partial charge in [-0.05, 0) is 66.8 Å². The summed E-state index contributed by atoms with van der Waals surface area (Å²) in [5.74, 6) is 0.900. The summed E-state index contributed by atoms with van der Waals surface area (Å²) in [4.78, 5) is 24.7. The van der Waals surface area contributed by atoms with Crippen molar-refractivity contribution in [1.82, 2.24) is 10.6 Å². The number of para-hydroxylation sites is 1. The fourth-order valence-corrected chi connectivity index (χ4v) is 3.71. The molecular weight excluding hydrogens is 376 g/mol. The zero-order valence-corrected chi connectivity index (χ0v) is 16.6. The minimum Gasteiger partial charge on any atom is -0.457 e. The molecule has 4 rings (SSSR count). The van der Waals surface area contributed by atoms with Crippen LogP contribution in [0.25, 0.3) is 0 Å². The molecule has 1 aliphatic carbocycles. The number of ether oxygens (including phenoxy) is 1. The molecule has 30 heavy (non-hydrogen) atoms. The molecule has 5 heteroatoms. The third-order valence-corrected chi connectivity index (χ3v) is 5.21. The Balaban J connectivity index is 1.29. The van der Waals surface area contributed by atoms with Crippen molar-refractivity contribution in [3.05, 3.63) is 95.6 Å². The molecule has 3 aromatic carbocycles. The third-order valence-electron chi connectivity index (χ3n) is 5.21. The number of rotatable bonds is 6. The topological polar surface area (TPSA) is 67.4 Å². The van der Waals surface area contributed by atoms with Gasteiger partial charge in [0.1, 0.15) is 11.5 Å². The minimum atomic E-state index is -0.291. The molecule has 0 spiro atoms. The van der Waals surface area contributed by atoms with E-state index in [1.54, 1.807) is 24.3 Å². The number of carbonyl (C=O) groups excluding carboxylic acids is 2. The van der Waals surface area contributed by atoms with Crippen LogP contribution in [-0.2, 0) is 11.2 Å². The first-order valence-electron chi connectivity index (χ1n) is 10.2. The summed E-state index contributed by atoms with van der Waals surface area (Å²) in [6.07, 6.45) is 3.01. The van der Waals surface area contributed by atoms with Gasteiger partial charge in [-0.3, -0.25) is 9.59 Å². The van der Waals surface area contributed by atoms with Crippen molar-refractivity contribution >= 4 is 11.8 Å². The smallest absolute Gasteiger partial charge is 0.251 e. The molecule has 0 fully saturated rings. The standard InChI is InChI=1S/C25H24N2O3/c28-24(27-23-12-6-8-18-7-4-5-11-22(18)23)17-26-25(29)19-13-15-21(16-14-19)30-20-9-2-1-3-10-20/h1-5,7,9-11,13-16,23H,6,8,12,17H2,(H,26,29)(H,27,28)/t23-/m1/s1. The highest BCUT2D eigenvalue weighted by Gasteiger charge is 2.21. The van der Waals surface area contributed by atoms with Gasteiger partial charge in [0.25, 0.3) is 5.91 Å². The van der Waals surface area contributed by atoms with Gasteiger partial charge < -0.3 is 15.4 Å². The summed E-state index contributed by atoms with van der Waals surface area (Å²) in [7, 11) is 0. The van der Waals surface area contributed by atoms with E-state index < -0.39 is 0 Å². The van der Waals surface area contributed by atoms with Crippen LogP contribution in [0.4, 0.5) is 0 Å². The lowest BCUT2D eigenvalue weighted by atomic mass is 9.88. The van der Waals surface area contributed by atoms with E-state index in [0.717, 1.165) is 25.0 Å². The van der Waals surface area contributed by atoms with Crippen LogP contribution in [0.2, 0.25) is 0 Å². The summed E-state index contributed by atoms with van der Waals surface area (Å²) < 4.78 is 5.73. The highest BCUT2D eigenvalue weighted by Crippen LogP contribution is 2.29. The number of fused-ring (bicyclic) bond motifs is 1. The SMILES string of the molecule is O=C(CNC(=O)c1ccc(Oc2ccccc2)cc1)N[C@@H]1CCCc2ccccc21. The first kappa shape index (κ1) is 19.7. The third kappa shape index (κ3) is 4.87. The molecule has 0 aromatic heterocycles. The number of hydrogen-bond acceptors (Lipinski definition) is 3. The van der Waals surface area contributed by atoms with Gasteiger partial charge >= 0.3 is 0 Å². The zero-order chi connectivity index (χ0) is 20.8. The first-order valence-corrected chi connectivity index (χ1v) is 10.2. The highest BCUT2D eigenvalue weighted by atomic mass is 16.5. The van der Waals surface area contributed by atoms with E-state index in [1.807, 2.05) is 42.5 Å². The van der Waals surface area contributed by atoms with E-state index in [4.69, 9.17) is 4.74 Å². The van der Waals surface area contributed by atoms with Crippen LogP contribution in [-0.4, -0.2) is 18.4 Å². The van der Waals surface area contributed by atoms with Crippen molar-refractivity contribution in [2.24, 2.45) is 0 Å². The van der Waals surface area contributed by atoms with Gasteiger partial charge in [0.15, 0.2) is 0 Å². The maximum Gasteiger partial charge on any atom is 0.251 e. The fraction of sp³-hybridized carbons (Fsp3) is 0.200. The molecule has 0 saturated heterocycles. The van der Waals surface area contributed by atoms with E-state index in [0.29, 0.717) is 11.3 Å². The average Bonchev–Trinajstić information content (AvgIpc) is 2.79. The summed E-state index contributed by atoms with van der Waals surface area (Å²) in [6, 6.07) is 24.5. The maximum atomic E-state index is 12.4. The van der Waals surface area contributed by atoms with Crippen LogP contribution in [0.15, 0.2) is 78.9 Å². The second-order valence-corrected chi connectivity index (χ2v) is 7.33. The van der Waals surface area contributed by atoms with E-state index >= 15 is 0 Å². The molecule has 0 radical (unpaired) electrons. The Morgan fingerprint density at radius 3 is 2.37 bits per heavy atom. The number of aryl methyl sites for hydroxylation is 1. The van der Waals surface area contributed by atoms with E-state index in [9.17, 15) is 9.59 Å². The van der Waals surface area contributed by atoms with Gasteiger partial charge in [-0.1, -0.05) is 42.5 Å². The largest absolute Gasteiger partial charge is 0.457 e. The van der Waals surface area contributed by atoms with Gasteiger partial charge in [0.2, 0.25) is 5.91 Å². The van der Waals surface area contributed by atoms with Gasteiger partial charge in [-0.15, -0.1) is 0 Å². The first-order chi connectivity index (χ1) is 14.7. The molecule has 2 N–H and O–H groups in total. The predicted octanol–water partition coefficient (Wildman–Crippen LogP) is 4.40. The van der Waals surface area contributed by atoms with Crippen LogP contribution in [0, 0.1) is 0 Å². The lowest BCUT2D eigenvalue weighted by Crippen LogP contribution is -2.39. The number of hydrogen-bond donors (Lipinski definition) is 2. The lowest BCUT2D eigenvalue weighted by Gasteiger charge is -2.26. The molecule has 1 aliphatic rings. The number of amides is 2. The molecule has 5 nitrogen and oxygen atoms in total. The van der Waals surface area contributed by atoms with Gasteiger partial charge in [0, 0.05) is 5.56 Å².